The van der Waals surface area contributed by atoms with Gasteiger partial charge in [-0.25, -0.2) is 4.79 Å². The molecule has 0 fully saturated rings. The summed E-state index contributed by atoms with van der Waals surface area (Å²) in [6.45, 7) is 0. The van der Waals surface area contributed by atoms with E-state index in [2.05, 4.69) is 4.98 Å². The number of hydrogen-bond acceptors (Lipinski definition) is 4. The molecular formula is C18H15N3O2. The van der Waals surface area contributed by atoms with Crippen molar-refractivity contribution >= 4 is 23.4 Å². The van der Waals surface area contributed by atoms with E-state index in [-0.39, 0.29) is 11.3 Å². The molecule has 0 spiro atoms. The highest BCUT2D eigenvalue weighted by Gasteiger charge is 2.17. The lowest BCUT2D eigenvalue weighted by Gasteiger charge is -2.13. The smallest absolute Gasteiger partial charge is 0.335 e. The van der Waals surface area contributed by atoms with Gasteiger partial charge in [0.05, 0.1) is 17.0 Å². The summed E-state index contributed by atoms with van der Waals surface area (Å²) < 4.78 is 0. The second kappa shape index (κ2) is 5.88. The monoisotopic (exact) mass is 305 g/mol. The molecule has 1 aliphatic carbocycles. The van der Waals surface area contributed by atoms with E-state index in [1.165, 1.54) is 18.2 Å². The van der Waals surface area contributed by atoms with E-state index in [0.717, 1.165) is 11.3 Å². The second-order valence-electron chi connectivity index (χ2n) is 5.20. The lowest BCUT2D eigenvalue weighted by atomic mass is 9.93. The number of anilines is 1. The molecule has 0 bridgehead atoms. The molecule has 1 aromatic carbocycles. The minimum Gasteiger partial charge on any atom is -0.478 e. The van der Waals surface area contributed by atoms with Gasteiger partial charge in [-0.2, -0.15) is 0 Å². The maximum Gasteiger partial charge on any atom is 0.335 e. The minimum absolute atomic E-state index is 0.110. The van der Waals surface area contributed by atoms with Gasteiger partial charge in [0.25, 0.3) is 0 Å². The van der Waals surface area contributed by atoms with Crippen LogP contribution in [0.1, 0.15) is 32.7 Å². The van der Waals surface area contributed by atoms with Crippen LogP contribution in [-0.2, 0) is 6.42 Å². The van der Waals surface area contributed by atoms with Crippen molar-refractivity contribution in [3.8, 4) is 0 Å². The number of aromatic nitrogens is 1. The van der Waals surface area contributed by atoms with Crippen LogP contribution in [0.15, 0.2) is 48.7 Å². The summed E-state index contributed by atoms with van der Waals surface area (Å²) in [4.78, 5) is 15.5. The first-order valence-corrected chi connectivity index (χ1v) is 7.11. The normalized spacial score (nSPS) is 12.5. The third-order valence-corrected chi connectivity index (χ3v) is 3.75. The molecule has 23 heavy (non-hydrogen) atoms. The van der Waals surface area contributed by atoms with Crippen molar-refractivity contribution in [2.45, 2.75) is 6.42 Å². The Morgan fingerprint density at radius 3 is 2.83 bits per heavy atom. The molecule has 0 aliphatic heterocycles. The van der Waals surface area contributed by atoms with Crippen molar-refractivity contribution in [1.82, 2.24) is 4.98 Å². The summed E-state index contributed by atoms with van der Waals surface area (Å²) in [5.41, 5.74) is 9.51. The van der Waals surface area contributed by atoms with Gasteiger partial charge in [-0.1, -0.05) is 18.2 Å². The second-order valence-corrected chi connectivity index (χ2v) is 5.20. The molecule has 1 aromatic heterocycles. The number of nitrogens with zero attached hydrogens (tertiary/aromatic N) is 1. The van der Waals surface area contributed by atoms with Crippen molar-refractivity contribution in [3.63, 3.8) is 0 Å². The lowest BCUT2D eigenvalue weighted by molar-refractivity contribution is 0.0697. The van der Waals surface area contributed by atoms with Crippen molar-refractivity contribution in [2.24, 2.45) is 0 Å². The fourth-order valence-corrected chi connectivity index (χ4v) is 2.56. The van der Waals surface area contributed by atoms with Gasteiger partial charge >= 0.3 is 5.97 Å². The van der Waals surface area contributed by atoms with Crippen molar-refractivity contribution in [2.75, 3.05) is 5.73 Å². The third kappa shape index (κ3) is 2.76. The Morgan fingerprint density at radius 2 is 2.04 bits per heavy atom. The van der Waals surface area contributed by atoms with Crippen LogP contribution in [0.25, 0.3) is 6.08 Å². The quantitative estimate of drug-likeness (QED) is 0.599. The number of nitrogens with one attached hydrogen (secondary N) is 1. The summed E-state index contributed by atoms with van der Waals surface area (Å²) >= 11 is 0. The Balaban J connectivity index is 2.12. The van der Waals surface area contributed by atoms with E-state index in [9.17, 15) is 4.79 Å². The first kappa shape index (κ1) is 14.7. The van der Waals surface area contributed by atoms with Crippen LogP contribution < -0.4 is 5.73 Å². The Hall–Kier alpha value is -3.21. The molecule has 0 unspecified atom stereocenters. The molecule has 5 nitrogen and oxygen atoms in total. The van der Waals surface area contributed by atoms with E-state index in [1.807, 2.05) is 24.3 Å². The minimum atomic E-state index is -1.04. The average molecular weight is 305 g/mol. The molecule has 0 amide bonds. The van der Waals surface area contributed by atoms with Crippen molar-refractivity contribution in [1.29, 1.82) is 5.41 Å². The van der Waals surface area contributed by atoms with E-state index in [1.54, 1.807) is 12.3 Å². The summed E-state index contributed by atoms with van der Waals surface area (Å²) in [6, 6.07) is 6.16. The Kier molecular flexibility index (Phi) is 3.76. The summed E-state index contributed by atoms with van der Waals surface area (Å²) in [6.07, 6.45) is 10.0. The molecule has 2 aromatic rings. The van der Waals surface area contributed by atoms with Gasteiger partial charge in [0.1, 0.15) is 0 Å². The molecule has 5 heteroatoms. The van der Waals surface area contributed by atoms with Crippen LogP contribution in [0.5, 0.6) is 0 Å². The van der Waals surface area contributed by atoms with E-state index >= 15 is 0 Å². The van der Waals surface area contributed by atoms with Gasteiger partial charge in [-0.3, -0.25) is 10.4 Å². The SMILES string of the molecule is N=C(c1cc(C(=O)O)ccc1N)c1ccnc2c1CC=CC=C2. The molecule has 114 valence electrons. The Bertz CT molecular complexity index is 867. The summed E-state index contributed by atoms with van der Waals surface area (Å²) in [5, 5.41) is 17.7. The number of carbonyl (C=O) groups is 1. The van der Waals surface area contributed by atoms with E-state index < -0.39 is 5.97 Å². The number of pyridine rings is 1. The number of carboxylic acid groups (broad SMARTS) is 1. The van der Waals surface area contributed by atoms with Crippen LogP contribution in [-0.4, -0.2) is 21.8 Å². The average Bonchev–Trinajstić information content (AvgIpc) is 2.79. The number of benzene rings is 1. The number of allylic oxidation sites excluding steroid dienone is 3. The number of aromatic carboxylic acids is 1. The van der Waals surface area contributed by atoms with Gasteiger partial charge in [0.2, 0.25) is 0 Å². The first-order chi connectivity index (χ1) is 11.1. The molecule has 0 saturated heterocycles. The molecule has 1 aliphatic rings. The summed E-state index contributed by atoms with van der Waals surface area (Å²) in [5.74, 6) is -1.04. The van der Waals surface area contributed by atoms with Gasteiger partial charge in [0.15, 0.2) is 0 Å². The third-order valence-electron chi connectivity index (χ3n) is 3.75. The Morgan fingerprint density at radius 1 is 1.22 bits per heavy atom. The van der Waals surface area contributed by atoms with Crippen LogP contribution >= 0.6 is 0 Å². The van der Waals surface area contributed by atoms with Crippen LogP contribution in [0.3, 0.4) is 0 Å². The lowest BCUT2D eigenvalue weighted by Crippen LogP contribution is -2.11. The first-order valence-electron chi connectivity index (χ1n) is 7.11. The molecule has 3 rings (SSSR count). The predicted octanol–water partition coefficient (Wildman–Crippen LogP) is 2.90. The highest BCUT2D eigenvalue weighted by Crippen LogP contribution is 2.24. The van der Waals surface area contributed by atoms with Crippen LogP contribution in [0.4, 0.5) is 5.69 Å². The maximum atomic E-state index is 11.2. The zero-order valence-electron chi connectivity index (χ0n) is 12.3. The zero-order valence-corrected chi connectivity index (χ0v) is 12.3. The fraction of sp³-hybridized carbons (Fsp3) is 0.0556. The summed E-state index contributed by atoms with van der Waals surface area (Å²) in [7, 11) is 0. The predicted molar refractivity (Wildman–Crippen MR) is 89.9 cm³/mol. The maximum absolute atomic E-state index is 11.2. The molecule has 1 heterocycles. The van der Waals surface area contributed by atoms with Gasteiger partial charge in [-0.05, 0) is 42.3 Å². The molecular weight excluding hydrogens is 290 g/mol. The molecule has 0 atom stereocenters. The zero-order chi connectivity index (χ0) is 16.4. The topological polar surface area (TPSA) is 100 Å². The number of nitrogen functional groups attached to an aromatic ring is 1. The Labute approximate surface area is 133 Å². The number of hydrogen-bond donors (Lipinski definition) is 3. The highest BCUT2D eigenvalue weighted by atomic mass is 16.4. The van der Waals surface area contributed by atoms with E-state index in [4.69, 9.17) is 16.2 Å². The number of nitrogens with two attached hydrogens (primary N) is 1. The fourth-order valence-electron chi connectivity index (χ4n) is 2.56. The van der Waals surface area contributed by atoms with Crippen LogP contribution in [0, 0.1) is 5.41 Å². The molecule has 0 radical (unpaired) electrons. The van der Waals surface area contributed by atoms with Crippen LogP contribution in [0.2, 0.25) is 0 Å². The van der Waals surface area contributed by atoms with Crippen molar-refractivity contribution in [3.05, 3.63) is 76.6 Å². The van der Waals surface area contributed by atoms with Gasteiger partial charge in [0, 0.05) is 23.0 Å². The largest absolute Gasteiger partial charge is 0.478 e. The van der Waals surface area contributed by atoms with E-state index in [0.29, 0.717) is 23.2 Å². The van der Waals surface area contributed by atoms with Crippen molar-refractivity contribution < 1.29 is 9.90 Å². The number of rotatable bonds is 3. The van der Waals surface area contributed by atoms with Gasteiger partial charge in [-0.15, -0.1) is 0 Å². The van der Waals surface area contributed by atoms with Gasteiger partial charge < -0.3 is 10.8 Å². The molecule has 0 saturated carbocycles. The number of carboxylic acids is 1. The highest BCUT2D eigenvalue weighted by molar-refractivity contribution is 6.15. The standard InChI is InChI=1S/C18H15N3O2/c19-15-7-6-11(18(22)23)10-14(15)17(20)13-8-9-21-16-5-3-1-2-4-12(13)16/h1-3,5-10,20H,4,19H2,(H,22,23). The number of fused-ring (bicyclic) bond motifs is 1. The molecule has 4 N–H and O–H groups in total.